The number of hydrogen-bond acceptors (Lipinski definition) is 3. The number of carbonyl (C=O) groups is 2. The van der Waals surface area contributed by atoms with Crippen LogP contribution in [-0.4, -0.2) is 28.0 Å². The Morgan fingerprint density at radius 3 is 2.53 bits per heavy atom. The Morgan fingerprint density at radius 1 is 1.16 bits per heavy atom. The van der Waals surface area contributed by atoms with Crippen LogP contribution in [0.2, 0.25) is 0 Å². The second-order valence-electron chi connectivity index (χ2n) is 4.90. The van der Waals surface area contributed by atoms with Gasteiger partial charge in [-0.05, 0) is 25.0 Å². The fraction of sp³-hybridized carbons (Fsp3) is 0.500. The number of nitrogens with zero attached hydrogens (tertiary/aromatic N) is 1. The normalized spacial score (nSPS) is 23.4. The number of hydrogen-bond donors (Lipinski definition) is 2. The van der Waals surface area contributed by atoms with Crippen molar-refractivity contribution in [1.29, 1.82) is 0 Å². The van der Waals surface area contributed by atoms with Crippen LogP contribution in [0.5, 0.6) is 0 Å². The Kier molecular flexibility index (Phi) is 4.49. The molecule has 5 nitrogen and oxygen atoms in total. The molecule has 0 aromatic carbocycles. The molecule has 2 unspecified atom stereocenters. The monoisotopic (exact) mass is 262 g/mol. The van der Waals surface area contributed by atoms with Gasteiger partial charge in [-0.25, -0.2) is 0 Å². The lowest BCUT2D eigenvalue weighted by atomic mass is 9.94. The number of carboxylic acids is 1. The summed E-state index contributed by atoms with van der Waals surface area (Å²) < 4.78 is 0. The largest absolute Gasteiger partial charge is 0.481 e. The van der Waals surface area contributed by atoms with Gasteiger partial charge in [0.2, 0.25) is 0 Å². The maximum Gasteiger partial charge on any atom is 0.308 e. The third kappa shape index (κ3) is 3.53. The Morgan fingerprint density at radius 2 is 1.84 bits per heavy atom. The third-order valence-corrected chi connectivity index (χ3v) is 3.59. The molecule has 1 aliphatic rings. The van der Waals surface area contributed by atoms with Gasteiger partial charge in [0.25, 0.3) is 5.91 Å². The van der Waals surface area contributed by atoms with E-state index in [1.807, 2.05) is 0 Å². The molecule has 1 saturated carbocycles. The van der Waals surface area contributed by atoms with Crippen LogP contribution in [-0.2, 0) is 4.79 Å². The van der Waals surface area contributed by atoms with Crippen LogP contribution in [0.15, 0.2) is 24.5 Å². The first-order chi connectivity index (χ1) is 9.18. The zero-order valence-electron chi connectivity index (χ0n) is 10.7. The predicted octanol–water partition coefficient (Wildman–Crippen LogP) is 1.84. The van der Waals surface area contributed by atoms with E-state index in [-0.39, 0.29) is 11.9 Å². The van der Waals surface area contributed by atoms with Gasteiger partial charge in [-0.15, -0.1) is 0 Å². The molecular formula is C14H18N2O3. The number of amides is 1. The molecule has 0 bridgehead atoms. The number of carbonyl (C=O) groups excluding carboxylic acids is 1. The first kappa shape index (κ1) is 13.5. The van der Waals surface area contributed by atoms with Gasteiger partial charge >= 0.3 is 5.97 Å². The minimum atomic E-state index is -0.818. The average molecular weight is 262 g/mol. The first-order valence-corrected chi connectivity index (χ1v) is 6.62. The lowest BCUT2D eigenvalue weighted by Gasteiger charge is -2.22. The van der Waals surface area contributed by atoms with Crippen LogP contribution < -0.4 is 5.32 Å². The quantitative estimate of drug-likeness (QED) is 0.815. The maximum absolute atomic E-state index is 12.1. The van der Waals surface area contributed by atoms with E-state index in [2.05, 4.69) is 10.3 Å². The number of pyridine rings is 1. The van der Waals surface area contributed by atoms with Gasteiger partial charge in [0.1, 0.15) is 0 Å². The van der Waals surface area contributed by atoms with E-state index in [1.165, 1.54) is 0 Å². The van der Waals surface area contributed by atoms with Gasteiger partial charge in [0.05, 0.1) is 5.92 Å². The van der Waals surface area contributed by atoms with Gasteiger partial charge in [-0.1, -0.05) is 19.3 Å². The molecule has 1 fully saturated rings. The highest BCUT2D eigenvalue weighted by atomic mass is 16.4. The molecule has 102 valence electrons. The van der Waals surface area contributed by atoms with Crippen molar-refractivity contribution in [2.45, 2.75) is 38.1 Å². The molecule has 1 aliphatic carbocycles. The summed E-state index contributed by atoms with van der Waals surface area (Å²) >= 11 is 0. The molecule has 1 aromatic rings. The summed E-state index contributed by atoms with van der Waals surface area (Å²) in [5.74, 6) is -1.52. The second kappa shape index (κ2) is 6.31. The summed E-state index contributed by atoms with van der Waals surface area (Å²) in [7, 11) is 0. The van der Waals surface area contributed by atoms with Crippen molar-refractivity contribution in [2.75, 3.05) is 0 Å². The molecule has 2 N–H and O–H groups in total. The number of nitrogens with one attached hydrogen (secondary N) is 1. The molecule has 2 rings (SSSR count). The molecule has 19 heavy (non-hydrogen) atoms. The summed E-state index contributed by atoms with van der Waals surface area (Å²) in [6.45, 7) is 0. The molecular weight excluding hydrogens is 244 g/mol. The van der Waals surface area contributed by atoms with Crippen molar-refractivity contribution in [2.24, 2.45) is 5.92 Å². The summed E-state index contributed by atoms with van der Waals surface area (Å²) in [4.78, 5) is 27.2. The average Bonchev–Trinajstić information content (AvgIpc) is 2.65. The topological polar surface area (TPSA) is 79.3 Å². The van der Waals surface area contributed by atoms with Crippen LogP contribution in [0.3, 0.4) is 0 Å². The number of carboxylic acid groups (broad SMARTS) is 1. The fourth-order valence-electron chi connectivity index (χ4n) is 2.53. The van der Waals surface area contributed by atoms with Gasteiger partial charge in [-0.2, -0.15) is 0 Å². The minimum absolute atomic E-state index is 0.222. The Hall–Kier alpha value is -1.91. The highest BCUT2D eigenvalue weighted by Crippen LogP contribution is 2.24. The molecule has 1 amide bonds. The molecule has 1 aromatic heterocycles. The van der Waals surface area contributed by atoms with Crippen LogP contribution in [0.25, 0.3) is 0 Å². The van der Waals surface area contributed by atoms with E-state index in [9.17, 15) is 14.7 Å². The molecule has 0 saturated heterocycles. The minimum Gasteiger partial charge on any atom is -0.481 e. The Balaban J connectivity index is 2.06. The van der Waals surface area contributed by atoms with Crippen molar-refractivity contribution in [3.05, 3.63) is 30.1 Å². The Labute approximate surface area is 112 Å². The molecule has 5 heteroatoms. The third-order valence-electron chi connectivity index (χ3n) is 3.59. The molecule has 0 radical (unpaired) electrons. The van der Waals surface area contributed by atoms with Crippen molar-refractivity contribution >= 4 is 11.9 Å². The van der Waals surface area contributed by atoms with Crippen LogP contribution in [0, 0.1) is 5.92 Å². The van der Waals surface area contributed by atoms with Crippen molar-refractivity contribution in [3.8, 4) is 0 Å². The molecule has 2 atom stereocenters. The number of rotatable bonds is 3. The Bertz CT molecular complexity index is 447. The van der Waals surface area contributed by atoms with E-state index in [4.69, 9.17) is 0 Å². The zero-order valence-corrected chi connectivity index (χ0v) is 10.7. The summed E-state index contributed by atoms with van der Waals surface area (Å²) in [6.07, 6.45) is 7.38. The van der Waals surface area contributed by atoms with Crippen molar-refractivity contribution in [1.82, 2.24) is 10.3 Å². The second-order valence-corrected chi connectivity index (χ2v) is 4.90. The zero-order chi connectivity index (χ0) is 13.7. The molecule has 0 aliphatic heterocycles. The smallest absolute Gasteiger partial charge is 0.308 e. The number of aliphatic carboxylic acids is 1. The molecule has 1 heterocycles. The lowest BCUT2D eigenvalue weighted by Crippen LogP contribution is -2.42. The van der Waals surface area contributed by atoms with Gasteiger partial charge in [0, 0.05) is 24.0 Å². The highest BCUT2D eigenvalue weighted by Gasteiger charge is 2.30. The highest BCUT2D eigenvalue weighted by molar-refractivity contribution is 5.94. The van der Waals surface area contributed by atoms with Crippen molar-refractivity contribution < 1.29 is 14.7 Å². The van der Waals surface area contributed by atoms with Gasteiger partial charge < -0.3 is 10.4 Å². The summed E-state index contributed by atoms with van der Waals surface area (Å²) in [5, 5.41) is 12.1. The van der Waals surface area contributed by atoms with E-state index in [1.54, 1.807) is 24.5 Å². The van der Waals surface area contributed by atoms with Crippen LogP contribution in [0.4, 0.5) is 0 Å². The number of aromatic nitrogens is 1. The predicted molar refractivity (Wildman–Crippen MR) is 69.7 cm³/mol. The first-order valence-electron chi connectivity index (χ1n) is 6.62. The van der Waals surface area contributed by atoms with E-state index < -0.39 is 11.9 Å². The lowest BCUT2D eigenvalue weighted by molar-refractivity contribution is -0.142. The summed E-state index contributed by atoms with van der Waals surface area (Å²) in [5.41, 5.74) is 0.517. The standard InChI is InChI=1S/C14H18N2O3/c17-13(10-6-8-15-9-7-10)16-12-5-3-1-2-4-11(12)14(18)19/h6-9,11-12H,1-5H2,(H,16,17)(H,18,19). The van der Waals surface area contributed by atoms with Crippen LogP contribution >= 0.6 is 0 Å². The SMILES string of the molecule is O=C(NC1CCCCCC1C(=O)O)c1ccncc1. The van der Waals surface area contributed by atoms with Gasteiger partial charge in [-0.3, -0.25) is 14.6 Å². The van der Waals surface area contributed by atoms with E-state index >= 15 is 0 Å². The fourth-order valence-corrected chi connectivity index (χ4v) is 2.53. The van der Waals surface area contributed by atoms with Crippen LogP contribution in [0.1, 0.15) is 42.5 Å². The molecule has 0 spiro atoms. The summed E-state index contributed by atoms with van der Waals surface area (Å²) in [6, 6.07) is 2.98. The van der Waals surface area contributed by atoms with Crippen molar-refractivity contribution in [3.63, 3.8) is 0 Å². The van der Waals surface area contributed by atoms with Gasteiger partial charge in [0.15, 0.2) is 0 Å². The van der Waals surface area contributed by atoms with E-state index in [0.717, 1.165) is 25.7 Å². The maximum atomic E-state index is 12.1. The van der Waals surface area contributed by atoms with E-state index in [0.29, 0.717) is 12.0 Å².